The van der Waals surface area contributed by atoms with E-state index in [0.717, 1.165) is 0 Å². The molecule has 3 rings (SSSR count). The highest BCUT2D eigenvalue weighted by molar-refractivity contribution is 5.87. The number of aromatic nitrogens is 2. The van der Waals surface area contributed by atoms with Crippen molar-refractivity contribution < 1.29 is 14.5 Å². The second kappa shape index (κ2) is 5.73. The number of nitro benzene ring substituents is 1. The van der Waals surface area contributed by atoms with Gasteiger partial charge in [0, 0.05) is 17.7 Å². The first kappa shape index (κ1) is 14.5. The second-order valence-electron chi connectivity index (χ2n) is 4.58. The van der Waals surface area contributed by atoms with Gasteiger partial charge in [0.25, 0.3) is 5.69 Å². The van der Waals surface area contributed by atoms with Gasteiger partial charge in [-0.25, -0.2) is 15.6 Å². The Kier molecular flexibility index (Phi) is 3.61. The number of carbonyl (C=O) groups excluding carboxylic acids is 1. The molecule has 0 aliphatic heterocycles. The summed E-state index contributed by atoms with van der Waals surface area (Å²) in [5.41, 5.74) is 3.40. The van der Waals surface area contributed by atoms with E-state index in [1.165, 1.54) is 12.1 Å². The first-order chi connectivity index (χ1) is 11.1. The quantitative estimate of drug-likeness (QED) is 0.293. The van der Waals surface area contributed by atoms with Crippen LogP contribution < -0.4 is 16.0 Å². The predicted octanol–water partition coefficient (Wildman–Crippen LogP) is 2.10. The van der Waals surface area contributed by atoms with Gasteiger partial charge in [0.1, 0.15) is 11.3 Å². The van der Waals surface area contributed by atoms with Crippen molar-refractivity contribution in [2.45, 2.75) is 0 Å². The van der Waals surface area contributed by atoms with E-state index in [1.54, 1.807) is 30.3 Å². The van der Waals surface area contributed by atoms with E-state index in [9.17, 15) is 14.9 Å². The van der Waals surface area contributed by atoms with Gasteiger partial charge in [-0.05, 0) is 12.1 Å². The summed E-state index contributed by atoms with van der Waals surface area (Å²) in [6.07, 6.45) is -0.822. The number of nitrogens with zero attached hydrogens (tertiary/aromatic N) is 2. The molecule has 1 heterocycles. The number of non-ortho nitro benzene ring substituents is 1. The lowest BCUT2D eigenvalue weighted by Gasteiger charge is -2.02. The molecule has 9 nitrogen and oxygen atoms in total. The molecule has 116 valence electrons. The maximum atomic E-state index is 11.3. The fourth-order valence-corrected chi connectivity index (χ4v) is 2.12. The summed E-state index contributed by atoms with van der Waals surface area (Å²) in [6, 6.07) is 11.1. The Labute approximate surface area is 129 Å². The number of nitrogens with one attached hydrogen (secondary N) is 2. The Morgan fingerprint density at radius 2 is 2.09 bits per heavy atom. The van der Waals surface area contributed by atoms with Crippen LogP contribution in [-0.4, -0.2) is 21.0 Å². The Morgan fingerprint density at radius 3 is 2.83 bits per heavy atom. The SMILES string of the molecule is NNC(=O)Oc1cccc2[nH]c(-c3cccc([N+](=O)[O-])c3)nc12. The highest BCUT2D eigenvalue weighted by atomic mass is 16.6. The molecule has 4 N–H and O–H groups in total. The van der Waals surface area contributed by atoms with Crippen LogP contribution in [0.4, 0.5) is 10.5 Å². The van der Waals surface area contributed by atoms with Crippen molar-refractivity contribution in [3.05, 3.63) is 52.6 Å². The Bertz CT molecular complexity index is 905. The molecule has 1 amide bonds. The first-order valence-corrected chi connectivity index (χ1v) is 6.50. The average Bonchev–Trinajstić information content (AvgIpc) is 3.00. The van der Waals surface area contributed by atoms with E-state index >= 15 is 0 Å². The van der Waals surface area contributed by atoms with Gasteiger partial charge in [-0.1, -0.05) is 18.2 Å². The third-order valence-corrected chi connectivity index (χ3v) is 3.13. The van der Waals surface area contributed by atoms with Crippen LogP contribution in [-0.2, 0) is 0 Å². The molecule has 2 aromatic carbocycles. The monoisotopic (exact) mass is 313 g/mol. The third-order valence-electron chi connectivity index (χ3n) is 3.13. The summed E-state index contributed by atoms with van der Waals surface area (Å²) < 4.78 is 5.02. The van der Waals surface area contributed by atoms with E-state index in [1.807, 2.05) is 5.43 Å². The Balaban J connectivity index is 2.06. The number of benzene rings is 2. The largest absolute Gasteiger partial charge is 0.426 e. The van der Waals surface area contributed by atoms with Crippen molar-refractivity contribution in [2.24, 2.45) is 5.84 Å². The zero-order valence-electron chi connectivity index (χ0n) is 11.6. The molecule has 1 aromatic heterocycles. The van der Waals surface area contributed by atoms with Crippen molar-refractivity contribution in [3.63, 3.8) is 0 Å². The van der Waals surface area contributed by atoms with Gasteiger partial charge in [0.05, 0.1) is 10.4 Å². The fourth-order valence-electron chi connectivity index (χ4n) is 2.12. The molecule has 0 fully saturated rings. The van der Waals surface area contributed by atoms with Gasteiger partial charge in [0.15, 0.2) is 5.75 Å². The summed E-state index contributed by atoms with van der Waals surface area (Å²) in [6.45, 7) is 0. The van der Waals surface area contributed by atoms with E-state index in [-0.39, 0.29) is 11.4 Å². The maximum absolute atomic E-state index is 11.3. The van der Waals surface area contributed by atoms with Crippen LogP contribution >= 0.6 is 0 Å². The highest BCUT2D eigenvalue weighted by Gasteiger charge is 2.14. The van der Waals surface area contributed by atoms with Crippen LogP contribution in [0.3, 0.4) is 0 Å². The number of rotatable bonds is 3. The molecule has 0 radical (unpaired) electrons. The fraction of sp³-hybridized carbons (Fsp3) is 0. The molecule has 0 saturated heterocycles. The van der Waals surface area contributed by atoms with Crippen LogP contribution in [0.2, 0.25) is 0 Å². The van der Waals surface area contributed by atoms with Gasteiger partial charge in [0.2, 0.25) is 0 Å². The lowest BCUT2D eigenvalue weighted by molar-refractivity contribution is -0.384. The molecule has 0 unspecified atom stereocenters. The van der Waals surface area contributed by atoms with Crippen molar-refractivity contribution >= 4 is 22.8 Å². The van der Waals surface area contributed by atoms with Gasteiger partial charge < -0.3 is 9.72 Å². The normalized spacial score (nSPS) is 10.5. The number of aromatic amines is 1. The number of hydrogen-bond acceptors (Lipinski definition) is 6. The lowest BCUT2D eigenvalue weighted by Crippen LogP contribution is -2.32. The Morgan fingerprint density at radius 1 is 1.30 bits per heavy atom. The summed E-state index contributed by atoms with van der Waals surface area (Å²) >= 11 is 0. The molecule has 0 bridgehead atoms. The highest BCUT2D eigenvalue weighted by Crippen LogP contribution is 2.28. The van der Waals surface area contributed by atoms with Crippen LogP contribution in [0.15, 0.2) is 42.5 Å². The second-order valence-corrected chi connectivity index (χ2v) is 4.58. The molecule has 3 aromatic rings. The third kappa shape index (κ3) is 2.80. The summed E-state index contributed by atoms with van der Waals surface area (Å²) in [5, 5.41) is 10.9. The zero-order valence-corrected chi connectivity index (χ0v) is 11.6. The minimum atomic E-state index is -0.822. The van der Waals surface area contributed by atoms with E-state index < -0.39 is 11.0 Å². The molecule has 0 spiro atoms. The van der Waals surface area contributed by atoms with Gasteiger partial charge in [-0.2, -0.15) is 0 Å². The smallest absolute Gasteiger partial charge is 0.407 e. The number of H-pyrrole nitrogens is 1. The van der Waals surface area contributed by atoms with Gasteiger partial charge >= 0.3 is 6.09 Å². The molecular weight excluding hydrogens is 302 g/mol. The molecule has 0 aliphatic rings. The van der Waals surface area contributed by atoms with Crippen LogP contribution in [0.5, 0.6) is 5.75 Å². The standard InChI is InChI=1S/C14H11N5O4/c15-18-14(20)23-11-6-2-5-10-12(11)17-13(16-10)8-3-1-4-9(7-8)19(21)22/h1-7H,15H2,(H,16,17)(H,18,20). The van der Waals surface area contributed by atoms with E-state index in [0.29, 0.717) is 22.4 Å². The number of fused-ring (bicyclic) bond motifs is 1. The number of ether oxygens (including phenoxy) is 1. The number of carbonyl (C=O) groups is 1. The van der Waals surface area contributed by atoms with Crippen molar-refractivity contribution in [3.8, 4) is 17.1 Å². The molecule has 0 saturated carbocycles. The van der Waals surface area contributed by atoms with E-state index in [4.69, 9.17) is 10.6 Å². The molecule has 0 aliphatic carbocycles. The number of imidazole rings is 1. The average molecular weight is 313 g/mol. The molecular formula is C14H11N5O4. The first-order valence-electron chi connectivity index (χ1n) is 6.50. The number of nitrogens with two attached hydrogens (primary N) is 1. The lowest BCUT2D eigenvalue weighted by atomic mass is 10.2. The summed E-state index contributed by atoms with van der Waals surface area (Å²) in [5.74, 6) is 5.63. The number of para-hydroxylation sites is 1. The number of hydrazine groups is 1. The number of amides is 1. The number of nitro groups is 1. The van der Waals surface area contributed by atoms with Crippen LogP contribution in [0.25, 0.3) is 22.4 Å². The van der Waals surface area contributed by atoms with Crippen molar-refractivity contribution in [2.75, 3.05) is 0 Å². The molecule has 0 atom stereocenters. The van der Waals surface area contributed by atoms with Crippen molar-refractivity contribution in [1.82, 2.24) is 15.4 Å². The maximum Gasteiger partial charge on any atom is 0.426 e. The van der Waals surface area contributed by atoms with Crippen LogP contribution in [0.1, 0.15) is 0 Å². The van der Waals surface area contributed by atoms with Crippen molar-refractivity contribution in [1.29, 1.82) is 0 Å². The minimum absolute atomic E-state index is 0.0399. The topological polar surface area (TPSA) is 136 Å². The van der Waals surface area contributed by atoms with E-state index in [2.05, 4.69) is 9.97 Å². The summed E-state index contributed by atoms with van der Waals surface area (Å²) in [4.78, 5) is 29.0. The predicted molar refractivity (Wildman–Crippen MR) is 81.5 cm³/mol. The number of hydrogen-bond donors (Lipinski definition) is 3. The van der Waals surface area contributed by atoms with Crippen LogP contribution in [0, 0.1) is 10.1 Å². The zero-order chi connectivity index (χ0) is 16.4. The van der Waals surface area contributed by atoms with Gasteiger partial charge in [-0.3, -0.25) is 15.5 Å². The Hall–Kier alpha value is -3.46. The summed E-state index contributed by atoms with van der Waals surface area (Å²) in [7, 11) is 0. The minimum Gasteiger partial charge on any atom is -0.407 e. The molecule has 23 heavy (non-hydrogen) atoms. The van der Waals surface area contributed by atoms with Gasteiger partial charge in [-0.15, -0.1) is 0 Å². The molecule has 9 heteroatoms.